The highest BCUT2D eigenvalue weighted by molar-refractivity contribution is 5.84. The predicted molar refractivity (Wildman–Crippen MR) is 73.1 cm³/mol. The average molecular weight is 275 g/mol. The summed E-state index contributed by atoms with van der Waals surface area (Å²) >= 11 is 0. The Hall–Kier alpha value is -2.56. The lowest BCUT2D eigenvalue weighted by Gasteiger charge is -2.28. The van der Waals surface area contributed by atoms with Crippen LogP contribution in [-0.2, 0) is 10.3 Å². The van der Waals surface area contributed by atoms with Gasteiger partial charge in [0, 0.05) is 5.69 Å². The third kappa shape index (κ3) is 2.71. The number of nitrogens with one attached hydrogen (secondary N) is 1. The minimum absolute atomic E-state index is 0.0586. The van der Waals surface area contributed by atoms with Crippen molar-refractivity contribution >= 4 is 11.7 Å². The molecule has 1 unspecified atom stereocenters. The summed E-state index contributed by atoms with van der Waals surface area (Å²) < 4.78 is 12.9. The van der Waals surface area contributed by atoms with Crippen molar-refractivity contribution in [2.75, 3.05) is 5.32 Å². The van der Waals surface area contributed by atoms with Crippen LogP contribution in [0.15, 0.2) is 48.5 Å². The summed E-state index contributed by atoms with van der Waals surface area (Å²) in [6.45, 7) is 1.51. The molecule has 0 spiro atoms. The Morgan fingerprint density at radius 3 is 2.15 bits per heavy atom. The number of phenols is 1. The molecule has 0 heterocycles. The molecule has 3 N–H and O–H groups in total. The molecule has 0 aromatic heterocycles. The molecule has 0 radical (unpaired) electrons. The monoisotopic (exact) mass is 275 g/mol. The van der Waals surface area contributed by atoms with Crippen LogP contribution in [0.2, 0.25) is 0 Å². The van der Waals surface area contributed by atoms with Crippen molar-refractivity contribution in [1.82, 2.24) is 0 Å². The van der Waals surface area contributed by atoms with E-state index < -0.39 is 17.3 Å². The van der Waals surface area contributed by atoms with Gasteiger partial charge in [-0.1, -0.05) is 12.1 Å². The molecule has 0 aliphatic rings. The van der Waals surface area contributed by atoms with Crippen LogP contribution >= 0.6 is 0 Å². The number of aromatic hydroxyl groups is 1. The number of carboxylic acid groups (broad SMARTS) is 1. The molecule has 104 valence electrons. The quantitative estimate of drug-likeness (QED) is 0.802. The Kier molecular flexibility index (Phi) is 3.61. The van der Waals surface area contributed by atoms with Gasteiger partial charge in [-0.2, -0.15) is 0 Å². The van der Waals surface area contributed by atoms with E-state index >= 15 is 0 Å². The maximum Gasteiger partial charge on any atom is 0.333 e. The number of rotatable bonds is 4. The second kappa shape index (κ2) is 5.21. The molecule has 20 heavy (non-hydrogen) atoms. The van der Waals surface area contributed by atoms with Gasteiger partial charge in [0.1, 0.15) is 11.6 Å². The number of carbonyl (C=O) groups is 1. The average Bonchev–Trinajstić information content (AvgIpc) is 2.42. The number of anilines is 1. The van der Waals surface area contributed by atoms with Crippen LogP contribution in [0.4, 0.5) is 10.1 Å². The molecular formula is C15H14FNO3. The lowest BCUT2D eigenvalue weighted by atomic mass is 9.91. The maximum atomic E-state index is 12.9. The molecule has 0 saturated carbocycles. The van der Waals surface area contributed by atoms with Crippen LogP contribution in [0.25, 0.3) is 0 Å². The fraction of sp³-hybridized carbons (Fsp3) is 0.133. The van der Waals surface area contributed by atoms with Crippen LogP contribution < -0.4 is 5.32 Å². The summed E-state index contributed by atoms with van der Waals surface area (Å²) in [7, 11) is 0. The minimum Gasteiger partial charge on any atom is -0.508 e. The number of phenolic OH excluding ortho intramolecular Hbond substituents is 1. The van der Waals surface area contributed by atoms with Crippen LogP contribution in [0.5, 0.6) is 5.75 Å². The van der Waals surface area contributed by atoms with Crippen LogP contribution in [0, 0.1) is 5.82 Å². The Bertz CT molecular complexity index is 610. The van der Waals surface area contributed by atoms with Gasteiger partial charge in [0.15, 0.2) is 5.54 Å². The molecular weight excluding hydrogens is 261 g/mol. The first-order chi connectivity index (χ1) is 9.41. The number of halogens is 1. The molecule has 0 saturated heterocycles. The van der Waals surface area contributed by atoms with Gasteiger partial charge in [-0.05, 0) is 48.9 Å². The summed E-state index contributed by atoms with van der Waals surface area (Å²) in [6, 6.07) is 11.3. The largest absolute Gasteiger partial charge is 0.508 e. The van der Waals surface area contributed by atoms with Crippen LogP contribution in [0.1, 0.15) is 12.5 Å². The standard InChI is InChI=1S/C15H14FNO3/c1-15(14(19)20,10-2-8-13(18)9-3-10)17-12-6-4-11(16)5-7-12/h2-9,17-18H,1H3,(H,19,20). The van der Waals surface area contributed by atoms with E-state index in [1.54, 1.807) is 0 Å². The third-order valence-corrected chi connectivity index (χ3v) is 3.11. The molecule has 0 amide bonds. The molecule has 4 nitrogen and oxygen atoms in total. The van der Waals surface area contributed by atoms with Gasteiger partial charge in [0.25, 0.3) is 0 Å². The number of hydrogen-bond donors (Lipinski definition) is 3. The predicted octanol–water partition coefficient (Wildman–Crippen LogP) is 2.94. The molecule has 0 aliphatic carbocycles. The fourth-order valence-corrected chi connectivity index (χ4v) is 1.87. The SMILES string of the molecule is CC(Nc1ccc(F)cc1)(C(=O)O)c1ccc(O)cc1. The van der Waals surface area contributed by atoms with Crippen molar-refractivity contribution in [3.05, 3.63) is 59.9 Å². The van der Waals surface area contributed by atoms with E-state index in [0.717, 1.165) is 0 Å². The lowest BCUT2D eigenvalue weighted by Crippen LogP contribution is -2.40. The van der Waals surface area contributed by atoms with E-state index in [0.29, 0.717) is 11.3 Å². The van der Waals surface area contributed by atoms with Gasteiger partial charge in [-0.15, -0.1) is 0 Å². The first-order valence-corrected chi connectivity index (χ1v) is 5.98. The summed E-state index contributed by atoms with van der Waals surface area (Å²) in [5, 5.41) is 21.6. The second-order valence-electron chi connectivity index (χ2n) is 4.61. The van der Waals surface area contributed by atoms with Crippen molar-refractivity contribution in [3.63, 3.8) is 0 Å². The molecule has 5 heteroatoms. The van der Waals surface area contributed by atoms with Crippen molar-refractivity contribution in [3.8, 4) is 5.75 Å². The molecule has 2 aromatic rings. The second-order valence-corrected chi connectivity index (χ2v) is 4.61. The summed E-state index contributed by atoms with van der Waals surface area (Å²) in [6.07, 6.45) is 0. The van der Waals surface area contributed by atoms with E-state index in [1.165, 1.54) is 55.5 Å². The zero-order valence-corrected chi connectivity index (χ0v) is 10.8. The van der Waals surface area contributed by atoms with Gasteiger partial charge in [0.2, 0.25) is 0 Å². The smallest absolute Gasteiger partial charge is 0.333 e. The summed E-state index contributed by atoms with van der Waals surface area (Å²) in [4.78, 5) is 11.6. The van der Waals surface area contributed by atoms with Crippen molar-refractivity contribution in [2.24, 2.45) is 0 Å². The summed E-state index contributed by atoms with van der Waals surface area (Å²) in [5.74, 6) is -1.41. The van der Waals surface area contributed by atoms with E-state index in [-0.39, 0.29) is 5.75 Å². The summed E-state index contributed by atoms with van der Waals surface area (Å²) in [5.41, 5.74) is -0.414. The Morgan fingerprint density at radius 1 is 1.10 bits per heavy atom. The van der Waals surface area contributed by atoms with Gasteiger partial charge >= 0.3 is 5.97 Å². The van der Waals surface area contributed by atoms with Crippen molar-refractivity contribution in [2.45, 2.75) is 12.5 Å². The molecule has 1 atom stereocenters. The molecule has 0 fully saturated rings. The van der Waals surface area contributed by atoms with E-state index in [2.05, 4.69) is 5.32 Å². The minimum atomic E-state index is -1.38. The highest BCUT2D eigenvalue weighted by Gasteiger charge is 2.35. The lowest BCUT2D eigenvalue weighted by molar-refractivity contribution is -0.142. The normalized spacial score (nSPS) is 13.5. The van der Waals surface area contributed by atoms with Gasteiger partial charge < -0.3 is 15.5 Å². The van der Waals surface area contributed by atoms with Gasteiger partial charge in [-0.3, -0.25) is 0 Å². The number of carboxylic acids is 1. The number of benzene rings is 2. The Balaban J connectivity index is 2.37. The highest BCUT2D eigenvalue weighted by Crippen LogP contribution is 2.28. The first-order valence-electron chi connectivity index (χ1n) is 5.98. The molecule has 2 aromatic carbocycles. The first kappa shape index (κ1) is 13.9. The number of hydrogen-bond acceptors (Lipinski definition) is 3. The Morgan fingerprint density at radius 2 is 1.65 bits per heavy atom. The zero-order valence-electron chi connectivity index (χ0n) is 10.8. The highest BCUT2D eigenvalue weighted by atomic mass is 19.1. The Labute approximate surface area is 115 Å². The van der Waals surface area contributed by atoms with Crippen LogP contribution in [0.3, 0.4) is 0 Å². The zero-order chi connectivity index (χ0) is 14.8. The fourth-order valence-electron chi connectivity index (χ4n) is 1.87. The maximum absolute atomic E-state index is 12.9. The van der Waals surface area contributed by atoms with E-state index in [4.69, 9.17) is 0 Å². The van der Waals surface area contributed by atoms with Crippen LogP contribution in [-0.4, -0.2) is 16.2 Å². The van der Waals surface area contributed by atoms with Crippen molar-refractivity contribution < 1.29 is 19.4 Å². The number of aliphatic carboxylic acids is 1. The topological polar surface area (TPSA) is 69.6 Å². The molecule has 0 bridgehead atoms. The molecule has 2 rings (SSSR count). The van der Waals surface area contributed by atoms with Gasteiger partial charge in [-0.25, -0.2) is 9.18 Å². The van der Waals surface area contributed by atoms with E-state index in [9.17, 15) is 19.4 Å². The molecule has 0 aliphatic heterocycles. The van der Waals surface area contributed by atoms with E-state index in [1.807, 2.05) is 0 Å². The van der Waals surface area contributed by atoms with Crippen molar-refractivity contribution in [1.29, 1.82) is 0 Å². The van der Waals surface area contributed by atoms with Gasteiger partial charge in [0.05, 0.1) is 0 Å². The third-order valence-electron chi connectivity index (χ3n) is 3.11.